The van der Waals surface area contributed by atoms with Gasteiger partial charge in [-0.15, -0.1) is 0 Å². The van der Waals surface area contributed by atoms with E-state index in [1.807, 2.05) is 0 Å². The summed E-state index contributed by atoms with van der Waals surface area (Å²) >= 11 is 5.64. The van der Waals surface area contributed by atoms with Crippen molar-refractivity contribution in [1.29, 1.82) is 0 Å². The minimum atomic E-state index is -0.608. The summed E-state index contributed by atoms with van der Waals surface area (Å²) < 4.78 is 24.6. The number of likely N-dealkylation sites (tertiary alicyclic amines) is 1. The highest BCUT2D eigenvalue weighted by Gasteiger charge is 2.50. The number of hydrogen-bond donors (Lipinski definition) is 1. The summed E-state index contributed by atoms with van der Waals surface area (Å²) in [5.41, 5.74) is 0. The quantitative estimate of drug-likeness (QED) is 0.844. The Balaban J connectivity index is 1.44. The molecular formula is C18H20ClFN2O4. The summed E-state index contributed by atoms with van der Waals surface area (Å²) in [6, 6.07) is 3.60. The Hall–Kier alpha value is -1.86. The van der Waals surface area contributed by atoms with E-state index in [2.05, 4.69) is 5.32 Å². The van der Waals surface area contributed by atoms with Crippen molar-refractivity contribution < 1.29 is 23.5 Å². The highest BCUT2D eigenvalue weighted by atomic mass is 35.5. The van der Waals surface area contributed by atoms with Crippen LogP contribution in [-0.2, 0) is 14.3 Å². The molecule has 0 radical (unpaired) electrons. The molecule has 1 saturated carbocycles. The number of nitrogens with zero attached hydrogens (tertiary/aromatic N) is 1. The topological polar surface area (TPSA) is 67.9 Å². The van der Waals surface area contributed by atoms with E-state index in [4.69, 9.17) is 21.1 Å². The maximum Gasteiger partial charge on any atom is 0.261 e. The van der Waals surface area contributed by atoms with Gasteiger partial charge >= 0.3 is 0 Å². The van der Waals surface area contributed by atoms with Crippen molar-refractivity contribution in [2.45, 2.75) is 49.9 Å². The molecule has 1 aliphatic carbocycles. The fraction of sp³-hybridized carbons (Fsp3) is 0.556. The van der Waals surface area contributed by atoms with Crippen molar-refractivity contribution in [3.63, 3.8) is 0 Å². The van der Waals surface area contributed by atoms with E-state index < -0.39 is 11.9 Å². The van der Waals surface area contributed by atoms with Crippen LogP contribution in [0.25, 0.3) is 0 Å². The van der Waals surface area contributed by atoms with Crippen molar-refractivity contribution in [3.8, 4) is 5.75 Å². The van der Waals surface area contributed by atoms with Crippen LogP contribution >= 0.6 is 11.6 Å². The van der Waals surface area contributed by atoms with Gasteiger partial charge < -0.3 is 19.7 Å². The lowest BCUT2D eigenvalue weighted by Crippen LogP contribution is -2.51. The number of carbonyl (C=O) groups excluding carboxylic acids is 2. The van der Waals surface area contributed by atoms with Gasteiger partial charge in [-0.3, -0.25) is 9.59 Å². The first kappa shape index (κ1) is 17.5. The third-order valence-corrected chi connectivity index (χ3v) is 5.40. The highest BCUT2D eigenvalue weighted by molar-refractivity contribution is 6.30. The number of ether oxygens (including phenoxy) is 2. The van der Waals surface area contributed by atoms with Crippen molar-refractivity contribution in [3.05, 3.63) is 29.0 Å². The third kappa shape index (κ3) is 3.50. The second kappa shape index (κ2) is 7.04. The molecule has 1 N–H and O–H groups in total. The molecule has 2 amide bonds. The van der Waals surface area contributed by atoms with E-state index in [1.165, 1.54) is 12.1 Å². The fourth-order valence-electron chi connectivity index (χ4n) is 3.65. The standard InChI is InChI=1S/C18H20ClFN2O4/c19-12-4-3-11(7-13(12)20)26-9-17(23)22-14-5-6-25-16(14)8-15(22)18(24)21-10-1-2-10/h3-4,7,10,14-16H,1-2,5-6,8-9H2,(H,21,24)/t14-,15-,16-/m0/s1. The van der Waals surface area contributed by atoms with Gasteiger partial charge in [-0.1, -0.05) is 11.6 Å². The van der Waals surface area contributed by atoms with Crippen LogP contribution in [0.2, 0.25) is 5.02 Å². The average Bonchev–Trinajstić information content (AvgIpc) is 3.17. The molecule has 2 aliphatic heterocycles. The summed E-state index contributed by atoms with van der Waals surface area (Å²) in [6.07, 6.45) is 3.08. The second-order valence-corrected chi connectivity index (χ2v) is 7.37. The Morgan fingerprint density at radius 1 is 1.35 bits per heavy atom. The predicted molar refractivity (Wildman–Crippen MR) is 91.5 cm³/mol. The molecule has 2 heterocycles. The fourth-order valence-corrected chi connectivity index (χ4v) is 3.77. The van der Waals surface area contributed by atoms with Gasteiger partial charge in [0.2, 0.25) is 5.91 Å². The summed E-state index contributed by atoms with van der Waals surface area (Å²) in [6.45, 7) is 0.316. The van der Waals surface area contributed by atoms with Crippen LogP contribution in [0.3, 0.4) is 0 Å². The summed E-state index contributed by atoms with van der Waals surface area (Å²) in [4.78, 5) is 26.9. The molecule has 8 heteroatoms. The Labute approximate surface area is 155 Å². The van der Waals surface area contributed by atoms with Crippen LogP contribution in [-0.4, -0.2) is 54.2 Å². The zero-order valence-corrected chi connectivity index (χ0v) is 14.9. The number of hydrogen-bond acceptors (Lipinski definition) is 4. The first-order valence-corrected chi connectivity index (χ1v) is 9.21. The largest absolute Gasteiger partial charge is 0.484 e. The molecule has 140 valence electrons. The van der Waals surface area contributed by atoms with E-state index >= 15 is 0 Å². The van der Waals surface area contributed by atoms with Gasteiger partial charge in [0.25, 0.3) is 5.91 Å². The number of carbonyl (C=O) groups is 2. The molecule has 1 aromatic rings. The molecule has 4 rings (SSSR count). The highest BCUT2D eigenvalue weighted by Crippen LogP contribution is 2.34. The molecule has 6 nitrogen and oxygen atoms in total. The van der Waals surface area contributed by atoms with E-state index in [-0.39, 0.29) is 47.4 Å². The Kier molecular flexibility index (Phi) is 4.75. The van der Waals surface area contributed by atoms with Crippen LogP contribution in [0.15, 0.2) is 18.2 Å². The number of halogens is 2. The lowest BCUT2D eigenvalue weighted by molar-refractivity contribution is -0.142. The van der Waals surface area contributed by atoms with Gasteiger partial charge in [-0.25, -0.2) is 4.39 Å². The number of nitrogens with one attached hydrogen (secondary N) is 1. The van der Waals surface area contributed by atoms with Crippen LogP contribution in [0.4, 0.5) is 4.39 Å². The minimum absolute atomic E-state index is 0.00835. The molecular weight excluding hydrogens is 363 g/mol. The van der Waals surface area contributed by atoms with Crippen LogP contribution in [0.5, 0.6) is 5.75 Å². The zero-order valence-electron chi connectivity index (χ0n) is 14.1. The van der Waals surface area contributed by atoms with Crippen LogP contribution in [0.1, 0.15) is 25.7 Å². The van der Waals surface area contributed by atoms with Gasteiger partial charge in [0.15, 0.2) is 6.61 Å². The van der Waals surface area contributed by atoms with E-state index in [9.17, 15) is 14.0 Å². The van der Waals surface area contributed by atoms with Crippen molar-refractivity contribution in [1.82, 2.24) is 10.2 Å². The summed E-state index contributed by atoms with van der Waals surface area (Å²) in [5, 5.41) is 2.96. The second-order valence-electron chi connectivity index (χ2n) is 6.97. The molecule has 2 saturated heterocycles. The summed E-state index contributed by atoms with van der Waals surface area (Å²) in [5.74, 6) is -0.813. The van der Waals surface area contributed by atoms with Gasteiger partial charge in [0.1, 0.15) is 17.6 Å². The molecule has 3 fully saturated rings. The summed E-state index contributed by atoms with van der Waals surface area (Å²) in [7, 11) is 0. The molecule has 0 unspecified atom stereocenters. The lowest BCUT2D eigenvalue weighted by atomic mass is 10.1. The van der Waals surface area contributed by atoms with Gasteiger partial charge in [0, 0.05) is 25.1 Å². The third-order valence-electron chi connectivity index (χ3n) is 5.09. The molecule has 3 atom stereocenters. The SMILES string of the molecule is O=C(NC1CC1)[C@@H]1C[C@@H]2OCC[C@@H]2N1C(=O)COc1ccc(Cl)c(F)c1. The molecule has 3 aliphatic rings. The maximum absolute atomic E-state index is 13.5. The van der Waals surface area contributed by atoms with Crippen molar-refractivity contribution in [2.24, 2.45) is 0 Å². The first-order valence-electron chi connectivity index (χ1n) is 8.84. The monoisotopic (exact) mass is 382 g/mol. The number of benzene rings is 1. The Bertz CT molecular complexity index is 727. The van der Waals surface area contributed by atoms with Crippen molar-refractivity contribution in [2.75, 3.05) is 13.2 Å². The number of rotatable bonds is 5. The van der Waals surface area contributed by atoms with Gasteiger partial charge in [-0.2, -0.15) is 0 Å². The normalized spacial score (nSPS) is 27.3. The molecule has 0 bridgehead atoms. The van der Waals surface area contributed by atoms with E-state index in [1.54, 1.807) is 4.90 Å². The lowest BCUT2D eigenvalue weighted by Gasteiger charge is -2.28. The average molecular weight is 383 g/mol. The molecule has 0 aromatic heterocycles. The number of fused-ring (bicyclic) bond motifs is 1. The smallest absolute Gasteiger partial charge is 0.261 e. The van der Waals surface area contributed by atoms with Gasteiger partial charge in [0.05, 0.1) is 17.2 Å². The van der Waals surface area contributed by atoms with Crippen LogP contribution < -0.4 is 10.1 Å². The predicted octanol–water partition coefficient (Wildman–Crippen LogP) is 1.89. The molecule has 1 aromatic carbocycles. The minimum Gasteiger partial charge on any atom is -0.484 e. The molecule has 0 spiro atoms. The molecule has 26 heavy (non-hydrogen) atoms. The Morgan fingerprint density at radius 3 is 2.88 bits per heavy atom. The Morgan fingerprint density at radius 2 is 2.15 bits per heavy atom. The van der Waals surface area contributed by atoms with Crippen LogP contribution in [0, 0.1) is 5.82 Å². The maximum atomic E-state index is 13.5. The zero-order chi connectivity index (χ0) is 18.3. The van der Waals surface area contributed by atoms with E-state index in [0.717, 1.165) is 18.9 Å². The van der Waals surface area contributed by atoms with Gasteiger partial charge in [-0.05, 0) is 31.4 Å². The first-order chi connectivity index (χ1) is 12.5. The van der Waals surface area contributed by atoms with E-state index in [0.29, 0.717) is 19.4 Å². The van der Waals surface area contributed by atoms with Crippen molar-refractivity contribution >= 4 is 23.4 Å². The number of amides is 2.